The average molecular weight is 244 g/mol. The molecule has 0 saturated heterocycles. The maximum Gasteiger partial charge on any atom is 0.307 e. The quantitative estimate of drug-likeness (QED) is 0.840. The van der Waals surface area contributed by atoms with Crippen molar-refractivity contribution in [3.8, 4) is 0 Å². The molecular weight excluding hydrogens is 228 g/mol. The summed E-state index contributed by atoms with van der Waals surface area (Å²) in [5, 5.41) is 0.986. The van der Waals surface area contributed by atoms with E-state index in [1.54, 1.807) is 0 Å². The minimum Gasteiger partial charge on any atom is -0.469 e. The molecule has 1 heterocycles. The number of ether oxygens (including phenoxy) is 1. The first-order valence-corrected chi connectivity index (χ1v) is 5.80. The first-order chi connectivity index (χ1) is 8.61. The fraction of sp³-hybridized carbons (Fsp3) is 0.286. The van der Waals surface area contributed by atoms with Crippen LogP contribution in [0.4, 0.5) is 0 Å². The van der Waals surface area contributed by atoms with E-state index in [2.05, 4.69) is 9.72 Å². The van der Waals surface area contributed by atoms with Gasteiger partial charge in [-0.05, 0) is 24.6 Å². The van der Waals surface area contributed by atoms with Gasteiger partial charge in [-0.15, -0.1) is 0 Å². The highest BCUT2D eigenvalue weighted by molar-refractivity contribution is 5.83. The van der Waals surface area contributed by atoms with Crippen molar-refractivity contribution in [3.05, 3.63) is 41.6 Å². The molecule has 1 aromatic heterocycles. The number of nitrogens with two attached hydrogens (primary N) is 1. The molecule has 94 valence electrons. The lowest BCUT2D eigenvalue weighted by atomic mass is 9.99. The second kappa shape index (κ2) is 5.14. The Bertz CT molecular complexity index is 581. The van der Waals surface area contributed by atoms with Crippen molar-refractivity contribution >= 4 is 16.9 Å². The molecule has 0 radical (unpaired) electrons. The number of para-hydroxylation sites is 1. The minimum absolute atomic E-state index is 0.171. The second-order valence-corrected chi connectivity index (χ2v) is 4.26. The summed E-state index contributed by atoms with van der Waals surface area (Å²) in [4.78, 5) is 15.7. The van der Waals surface area contributed by atoms with E-state index in [1.165, 1.54) is 7.11 Å². The Labute approximate surface area is 106 Å². The number of pyridine rings is 1. The monoisotopic (exact) mass is 244 g/mol. The maximum atomic E-state index is 11.3. The summed E-state index contributed by atoms with van der Waals surface area (Å²) in [6.45, 7) is 1.92. The van der Waals surface area contributed by atoms with Crippen molar-refractivity contribution in [3.63, 3.8) is 0 Å². The van der Waals surface area contributed by atoms with E-state index >= 15 is 0 Å². The third-order valence-corrected chi connectivity index (χ3v) is 2.89. The molecule has 1 aromatic carbocycles. The van der Waals surface area contributed by atoms with Gasteiger partial charge in [0.25, 0.3) is 0 Å². The molecule has 4 nitrogen and oxygen atoms in total. The number of esters is 1. The van der Waals surface area contributed by atoms with Crippen LogP contribution in [-0.4, -0.2) is 18.1 Å². The lowest BCUT2D eigenvalue weighted by molar-refractivity contribution is -0.141. The Balaban J connectivity index is 2.46. The van der Waals surface area contributed by atoms with Crippen molar-refractivity contribution in [1.29, 1.82) is 0 Å². The van der Waals surface area contributed by atoms with Crippen LogP contribution in [0.5, 0.6) is 0 Å². The molecule has 2 N–H and O–H groups in total. The van der Waals surface area contributed by atoms with E-state index in [0.29, 0.717) is 0 Å². The van der Waals surface area contributed by atoms with E-state index in [4.69, 9.17) is 5.73 Å². The lowest BCUT2D eigenvalue weighted by Gasteiger charge is -2.14. The molecule has 18 heavy (non-hydrogen) atoms. The third kappa shape index (κ3) is 2.49. The van der Waals surface area contributed by atoms with Crippen molar-refractivity contribution < 1.29 is 9.53 Å². The average Bonchev–Trinajstić information content (AvgIpc) is 2.37. The highest BCUT2D eigenvalue weighted by Crippen LogP contribution is 2.24. The molecule has 2 aromatic rings. The molecule has 0 bridgehead atoms. The molecule has 0 aliphatic carbocycles. The van der Waals surface area contributed by atoms with Crippen LogP contribution >= 0.6 is 0 Å². The molecule has 0 saturated carbocycles. The van der Waals surface area contributed by atoms with Gasteiger partial charge in [0.1, 0.15) is 0 Å². The van der Waals surface area contributed by atoms with Crippen molar-refractivity contribution in [2.75, 3.05) is 7.11 Å². The predicted molar refractivity (Wildman–Crippen MR) is 70.0 cm³/mol. The summed E-state index contributed by atoms with van der Waals surface area (Å²) < 4.78 is 4.65. The molecule has 0 unspecified atom stereocenters. The van der Waals surface area contributed by atoms with Crippen LogP contribution in [0.2, 0.25) is 0 Å². The largest absolute Gasteiger partial charge is 0.469 e. The van der Waals surface area contributed by atoms with Gasteiger partial charge in [-0.3, -0.25) is 9.78 Å². The van der Waals surface area contributed by atoms with E-state index < -0.39 is 0 Å². The Kier molecular flexibility index (Phi) is 3.58. The van der Waals surface area contributed by atoms with Crippen LogP contribution in [0, 0.1) is 6.92 Å². The number of aromatic nitrogens is 1. The number of benzene rings is 1. The third-order valence-electron chi connectivity index (χ3n) is 2.89. The molecular formula is C14H16N2O2. The highest BCUT2D eigenvalue weighted by Gasteiger charge is 2.15. The van der Waals surface area contributed by atoms with Gasteiger partial charge in [0.2, 0.25) is 0 Å². The number of carbonyl (C=O) groups excluding carboxylic acids is 1. The normalized spacial score (nSPS) is 12.4. The molecule has 1 atom stereocenters. The number of nitrogens with zero attached hydrogens (tertiary/aromatic N) is 1. The number of hydrogen-bond acceptors (Lipinski definition) is 4. The first-order valence-electron chi connectivity index (χ1n) is 5.80. The number of carbonyl (C=O) groups is 1. The van der Waals surface area contributed by atoms with Gasteiger partial charge in [-0.2, -0.15) is 0 Å². The summed E-state index contributed by atoms with van der Waals surface area (Å²) in [5.74, 6) is -0.305. The van der Waals surface area contributed by atoms with E-state index in [-0.39, 0.29) is 18.4 Å². The Hall–Kier alpha value is -1.94. The van der Waals surface area contributed by atoms with Crippen LogP contribution in [0.25, 0.3) is 10.9 Å². The summed E-state index contributed by atoms with van der Waals surface area (Å²) in [7, 11) is 1.37. The fourth-order valence-electron chi connectivity index (χ4n) is 2.02. The van der Waals surface area contributed by atoms with E-state index in [0.717, 1.165) is 22.2 Å². The number of methoxy groups -OCH3 is 1. The summed E-state index contributed by atoms with van der Waals surface area (Å²) >= 11 is 0. The summed E-state index contributed by atoms with van der Waals surface area (Å²) in [6, 6.07) is 9.34. The molecule has 4 heteroatoms. The zero-order valence-corrected chi connectivity index (χ0v) is 10.5. The SMILES string of the molecule is COC(=O)C[C@H](N)c1cc(C)nc2ccccc12. The van der Waals surface area contributed by atoms with Crippen molar-refractivity contribution in [2.45, 2.75) is 19.4 Å². The molecule has 0 amide bonds. The number of fused-ring (bicyclic) bond motifs is 1. The van der Waals surface area contributed by atoms with Crippen molar-refractivity contribution in [1.82, 2.24) is 4.98 Å². The van der Waals surface area contributed by atoms with Gasteiger partial charge >= 0.3 is 5.97 Å². The van der Waals surface area contributed by atoms with Crippen LogP contribution in [-0.2, 0) is 9.53 Å². The lowest BCUT2D eigenvalue weighted by Crippen LogP contribution is -2.17. The zero-order valence-electron chi connectivity index (χ0n) is 10.5. The predicted octanol–water partition coefficient (Wildman–Crippen LogP) is 2.11. The Morgan fingerprint density at radius 3 is 2.89 bits per heavy atom. The summed E-state index contributed by atoms with van der Waals surface area (Å²) in [5.41, 5.74) is 8.80. The number of hydrogen-bond donors (Lipinski definition) is 1. The number of rotatable bonds is 3. The molecule has 0 aliphatic heterocycles. The van der Waals surface area contributed by atoms with Crippen LogP contribution in [0.1, 0.15) is 23.7 Å². The van der Waals surface area contributed by atoms with Crippen LogP contribution in [0.15, 0.2) is 30.3 Å². The fourth-order valence-corrected chi connectivity index (χ4v) is 2.02. The van der Waals surface area contributed by atoms with Gasteiger partial charge < -0.3 is 10.5 Å². The maximum absolute atomic E-state index is 11.3. The molecule has 0 aliphatic rings. The first kappa shape index (κ1) is 12.5. The minimum atomic E-state index is -0.371. The van der Waals surface area contributed by atoms with Crippen molar-refractivity contribution in [2.24, 2.45) is 5.73 Å². The molecule has 0 spiro atoms. The smallest absolute Gasteiger partial charge is 0.307 e. The summed E-state index contributed by atoms with van der Waals surface area (Å²) in [6.07, 6.45) is 0.171. The highest BCUT2D eigenvalue weighted by atomic mass is 16.5. The molecule has 0 fully saturated rings. The zero-order chi connectivity index (χ0) is 13.1. The van der Waals surface area contributed by atoms with Crippen LogP contribution < -0.4 is 5.73 Å². The molecule has 2 rings (SSSR count). The van der Waals surface area contributed by atoms with Crippen LogP contribution in [0.3, 0.4) is 0 Å². The van der Waals surface area contributed by atoms with Gasteiger partial charge in [0, 0.05) is 17.1 Å². The standard InChI is InChI=1S/C14H16N2O2/c1-9-7-11(12(15)8-14(17)18-2)10-5-3-4-6-13(10)16-9/h3-7,12H,8,15H2,1-2H3/t12-/m0/s1. The number of aryl methyl sites for hydroxylation is 1. The second-order valence-electron chi connectivity index (χ2n) is 4.26. The van der Waals surface area contributed by atoms with Gasteiger partial charge in [0.15, 0.2) is 0 Å². The Morgan fingerprint density at radius 2 is 2.17 bits per heavy atom. The van der Waals surface area contributed by atoms with E-state index in [9.17, 15) is 4.79 Å². The van der Waals surface area contributed by atoms with Gasteiger partial charge in [-0.1, -0.05) is 18.2 Å². The topological polar surface area (TPSA) is 65.2 Å². The van der Waals surface area contributed by atoms with Gasteiger partial charge in [0.05, 0.1) is 19.0 Å². The Morgan fingerprint density at radius 1 is 1.44 bits per heavy atom. The van der Waals surface area contributed by atoms with E-state index in [1.807, 2.05) is 37.3 Å². The van der Waals surface area contributed by atoms with Gasteiger partial charge in [-0.25, -0.2) is 0 Å².